The van der Waals surface area contributed by atoms with Gasteiger partial charge in [-0.3, -0.25) is 14.4 Å². The summed E-state index contributed by atoms with van der Waals surface area (Å²) in [6, 6.07) is 12.6. The van der Waals surface area contributed by atoms with E-state index >= 15 is 0 Å². The van der Waals surface area contributed by atoms with Crippen LogP contribution in [0.3, 0.4) is 0 Å². The van der Waals surface area contributed by atoms with Crippen LogP contribution in [0.4, 0.5) is 5.69 Å². The van der Waals surface area contributed by atoms with Gasteiger partial charge in [0.2, 0.25) is 11.8 Å². The van der Waals surface area contributed by atoms with Gasteiger partial charge in [0, 0.05) is 16.9 Å². The Labute approximate surface area is 153 Å². The van der Waals surface area contributed by atoms with Crippen molar-refractivity contribution in [1.29, 1.82) is 0 Å². The molecule has 2 amide bonds. The highest BCUT2D eigenvalue weighted by atomic mass is 32.2. The van der Waals surface area contributed by atoms with Gasteiger partial charge in [-0.2, -0.15) is 0 Å². The maximum atomic E-state index is 12.7. The highest BCUT2D eigenvalue weighted by molar-refractivity contribution is 8.00. The lowest BCUT2D eigenvalue weighted by Gasteiger charge is -2.15. The predicted octanol–water partition coefficient (Wildman–Crippen LogP) is 3.01. The summed E-state index contributed by atoms with van der Waals surface area (Å²) in [5.74, 6) is -1.93. The van der Waals surface area contributed by atoms with Gasteiger partial charge in [0.25, 0.3) is 0 Å². The van der Waals surface area contributed by atoms with Crippen LogP contribution in [0.15, 0.2) is 53.4 Å². The second-order valence-corrected chi connectivity index (χ2v) is 7.03. The van der Waals surface area contributed by atoms with Gasteiger partial charge in [-0.1, -0.05) is 12.1 Å². The first-order valence-corrected chi connectivity index (χ1v) is 8.73. The van der Waals surface area contributed by atoms with Crippen molar-refractivity contribution in [1.82, 2.24) is 0 Å². The number of ketones is 1. The zero-order valence-corrected chi connectivity index (χ0v) is 14.7. The summed E-state index contributed by atoms with van der Waals surface area (Å²) in [4.78, 5) is 49.2. The lowest BCUT2D eigenvalue weighted by Crippen LogP contribution is -2.31. The van der Waals surface area contributed by atoms with Gasteiger partial charge in [0.1, 0.15) is 0 Å². The van der Waals surface area contributed by atoms with Crippen molar-refractivity contribution < 1.29 is 24.3 Å². The zero-order valence-electron chi connectivity index (χ0n) is 13.8. The molecule has 1 heterocycles. The molecule has 0 radical (unpaired) electrons. The standard InChI is InChI=1S/C19H15NO5S/c1-11(21)12-6-8-13(9-7-12)20-17(22)10-16(18(20)23)26-15-5-3-2-4-14(15)19(24)25/h2-9,16H,10H2,1H3,(H,24,25)/t16-/m1/s1. The predicted molar refractivity (Wildman–Crippen MR) is 96.6 cm³/mol. The molecule has 0 saturated carbocycles. The van der Waals surface area contributed by atoms with E-state index < -0.39 is 17.1 Å². The van der Waals surface area contributed by atoms with E-state index in [0.717, 1.165) is 16.7 Å². The van der Waals surface area contributed by atoms with Crippen molar-refractivity contribution in [2.24, 2.45) is 0 Å². The van der Waals surface area contributed by atoms with Crippen molar-refractivity contribution in [3.63, 3.8) is 0 Å². The fourth-order valence-corrected chi connectivity index (χ4v) is 3.89. The number of carboxylic acids is 1. The molecule has 0 aromatic heterocycles. The quantitative estimate of drug-likeness (QED) is 0.643. The maximum absolute atomic E-state index is 12.7. The molecule has 2 aromatic carbocycles. The van der Waals surface area contributed by atoms with Crippen LogP contribution >= 0.6 is 11.8 Å². The topological polar surface area (TPSA) is 91.8 Å². The van der Waals surface area contributed by atoms with E-state index in [4.69, 9.17) is 0 Å². The lowest BCUT2D eigenvalue weighted by molar-refractivity contribution is -0.121. The molecule has 6 nitrogen and oxygen atoms in total. The normalized spacial score (nSPS) is 16.8. The average molecular weight is 369 g/mol. The molecule has 1 fully saturated rings. The highest BCUT2D eigenvalue weighted by Crippen LogP contribution is 2.35. The fraction of sp³-hybridized carbons (Fsp3) is 0.158. The Morgan fingerprint density at radius 1 is 1.08 bits per heavy atom. The number of carboxylic acid groups (broad SMARTS) is 1. The molecule has 0 bridgehead atoms. The van der Waals surface area contributed by atoms with Crippen LogP contribution in [-0.4, -0.2) is 33.9 Å². The number of anilines is 1. The minimum atomic E-state index is -1.08. The van der Waals surface area contributed by atoms with Crippen molar-refractivity contribution in [2.45, 2.75) is 23.5 Å². The van der Waals surface area contributed by atoms with Crippen LogP contribution in [-0.2, 0) is 9.59 Å². The summed E-state index contributed by atoms with van der Waals surface area (Å²) >= 11 is 1.08. The number of carbonyl (C=O) groups excluding carboxylic acids is 3. The molecule has 1 atom stereocenters. The van der Waals surface area contributed by atoms with Gasteiger partial charge >= 0.3 is 5.97 Å². The van der Waals surface area contributed by atoms with Crippen molar-refractivity contribution in [3.8, 4) is 0 Å². The summed E-state index contributed by atoms with van der Waals surface area (Å²) in [5, 5.41) is 8.57. The summed E-state index contributed by atoms with van der Waals surface area (Å²) in [6.07, 6.45) is -0.00802. The Hall–Kier alpha value is -2.93. The molecule has 3 rings (SSSR count). The number of nitrogens with zero attached hydrogens (tertiary/aromatic N) is 1. The minimum absolute atomic E-state index is 0.00802. The number of aromatic carboxylic acids is 1. The van der Waals surface area contributed by atoms with E-state index in [1.165, 1.54) is 13.0 Å². The first-order valence-electron chi connectivity index (χ1n) is 7.85. The average Bonchev–Trinajstić information content (AvgIpc) is 2.89. The Morgan fingerprint density at radius 3 is 2.35 bits per heavy atom. The van der Waals surface area contributed by atoms with E-state index in [9.17, 15) is 24.3 Å². The van der Waals surface area contributed by atoms with Gasteiger partial charge in [0.05, 0.1) is 16.5 Å². The number of hydrogen-bond acceptors (Lipinski definition) is 5. The summed E-state index contributed by atoms with van der Waals surface area (Å²) in [5.41, 5.74) is 0.996. The Morgan fingerprint density at radius 2 is 1.73 bits per heavy atom. The summed E-state index contributed by atoms with van der Waals surface area (Å²) in [7, 11) is 0. The molecule has 1 aliphatic rings. The number of carbonyl (C=O) groups is 4. The fourth-order valence-electron chi connectivity index (χ4n) is 2.71. The van der Waals surface area contributed by atoms with Crippen LogP contribution in [0.5, 0.6) is 0 Å². The van der Waals surface area contributed by atoms with Crippen LogP contribution < -0.4 is 4.90 Å². The van der Waals surface area contributed by atoms with Crippen molar-refractivity contribution in [3.05, 3.63) is 59.7 Å². The monoisotopic (exact) mass is 369 g/mol. The van der Waals surface area contributed by atoms with Gasteiger partial charge in [-0.15, -0.1) is 11.8 Å². The largest absolute Gasteiger partial charge is 0.478 e. The van der Waals surface area contributed by atoms with Crippen molar-refractivity contribution in [2.75, 3.05) is 4.90 Å². The van der Waals surface area contributed by atoms with E-state index in [0.29, 0.717) is 16.1 Å². The minimum Gasteiger partial charge on any atom is -0.478 e. The number of amides is 2. The van der Waals surface area contributed by atoms with Gasteiger partial charge in [-0.05, 0) is 43.3 Å². The Bertz CT molecular complexity index is 906. The molecule has 0 aliphatic carbocycles. The Balaban J connectivity index is 1.83. The summed E-state index contributed by atoms with van der Waals surface area (Å²) in [6.45, 7) is 1.44. The third-order valence-electron chi connectivity index (χ3n) is 4.02. The van der Waals surface area contributed by atoms with E-state index in [1.54, 1.807) is 42.5 Å². The molecule has 1 N–H and O–H groups in total. The molecule has 1 aliphatic heterocycles. The van der Waals surface area contributed by atoms with Crippen molar-refractivity contribution >= 4 is 41.0 Å². The first-order chi connectivity index (χ1) is 12.4. The van der Waals surface area contributed by atoms with E-state index in [-0.39, 0.29) is 23.7 Å². The molecular weight excluding hydrogens is 354 g/mol. The van der Waals surface area contributed by atoms with Crippen LogP contribution in [0.1, 0.15) is 34.1 Å². The molecule has 2 aromatic rings. The SMILES string of the molecule is CC(=O)c1ccc(N2C(=O)C[C@@H](Sc3ccccc3C(=O)O)C2=O)cc1. The smallest absolute Gasteiger partial charge is 0.336 e. The zero-order chi connectivity index (χ0) is 18.8. The van der Waals surface area contributed by atoms with Gasteiger partial charge in [0.15, 0.2) is 5.78 Å². The number of thioether (sulfide) groups is 1. The van der Waals surface area contributed by atoms with Crippen LogP contribution in [0, 0.1) is 0 Å². The maximum Gasteiger partial charge on any atom is 0.336 e. The molecule has 1 saturated heterocycles. The highest BCUT2D eigenvalue weighted by Gasteiger charge is 2.40. The first kappa shape index (κ1) is 17.9. The Kier molecular flexibility index (Phi) is 4.90. The van der Waals surface area contributed by atoms with E-state index in [2.05, 4.69) is 0 Å². The number of Topliss-reactive ketones (excluding diaryl/α,β-unsaturated/α-hetero) is 1. The van der Waals surface area contributed by atoms with Crippen LogP contribution in [0.2, 0.25) is 0 Å². The molecule has 0 spiro atoms. The molecule has 0 unspecified atom stereocenters. The third-order valence-corrected chi connectivity index (χ3v) is 5.29. The molecule has 132 valence electrons. The second kappa shape index (κ2) is 7.13. The number of hydrogen-bond donors (Lipinski definition) is 1. The van der Waals surface area contributed by atoms with Gasteiger partial charge < -0.3 is 5.11 Å². The molecule has 26 heavy (non-hydrogen) atoms. The lowest BCUT2D eigenvalue weighted by atomic mass is 10.1. The number of rotatable bonds is 5. The molecule has 7 heteroatoms. The number of benzene rings is 2. The number of imide groups is 1. The third kappa shape index (κ3) is 3.39. The van der Waals surface area contributed by atoms with Crippen LogP contribution in [0.25, 0.3) is 0 Å². The van der Waals surface area contributed by atoms with Gasteiger partial charge in [-0.25, -0.2) is 9.69 Å². The van der Waals surface area contributed by atoms with E-state index in [1.807, 2.05) is 0 Å². The second-order valence-electron chi connectivity index (χ2n) is 5.78. The molecular formula is C19H15NO5S. The summed E-state index contributed by atoms with van der Waals surface area (Å²) < 4.78 is 0.